The van der Waals surface area contributed by atoms with E-state index in [0.717, 1.165) is 55.0 Å². The third kappa shape index (κ3) is 5.89. The highest BCUT2D eigenvalue weighted by molar-refractivity contribution is 5.91. The zero-order chi connectivity index (χ0) is 21.2. The van der Waals surface area contributed by atoms with Crippen molar-refractivity contribution in [3.63, 3.8) is 0 Å². The maximum atomic E-state index is 12.6. The number of benzene rings is 1. The monoisotopic (exact) mass is 397 g/mol. The van der Waals surface area contributed by atoms with Gasteiger partial charge in [0.15, 0.2) is 5.82 Å². The van der Waals surface area contributed by atoms with Crippen LogP contribution in [0.1, 0.15) is 87.7 Å². The van der Waals surface area contributed by atoms with Gasteiger partial charge in [0.05, 0.1) is 6.04 Å². The lowest BCUT2D eigenvalue weighted by molar-refractivity contribution is -0.116. The molecule has 0 aliphatic heterocycles. The average molecular weight is 398 g/mol. The summed E-state index contributed by atoms with van der Waals surface area (Å²) < 4.78 is 2.21. The standard InChI is InChI=1S/C23H35N5O/c1-15-8-11-19(16(2)13-15)25-21(29)14-18(24)22-27-26-20(28(22)17-9-10-17)7-6-12-23(3,4)5/h8,11,13,17-18H,6-7,9-10,12,14,24H2,1-5H3,(H,25,29)/t18-/m0/s1. The van der Waals surface area contributed by atoms with Crippen LogP contribution < -0.4 is 11.1 Å². The highest BCUT2D eigenvalue weighted by Gasteiger charge is 2.31. The van der Waals surface area contributed by atoms with E-state index in [4.69, 9.17) is 5.73 Å². The summed E-state index contributed by atoms with van der Waals surface area (Å²) in [5.74, 6) is 1.66. The Balaban J connectivity index is 1.65. The first-order chi connectivity index (χ1) is 13.6. The van der Waals surface area contributed by atoms with Gasteiger partial charge >= 0.3 is 0 Å². The summed E-state index contributed by atoms with van der Waals surface area (Å²) in [6.45, 7) is 10.8. The number of anilines is 1. The van der Waals surface area contributed by atoms with Crippen molar-refractivity contribution in [3.8, 4) is 0 Å². The van der Waals surface area contributed by atoms with E-state index in [1.807, 2.05) is 26.0 Å². The minimum atomic E-state index is -0.453. The van der Waals surface area contributed by atoms with E-state index in [0.29, 0.717) is 11.5 Å². The fourth-order valence-electron chi connectivity index (χ4n) is 3.71. The lowest BCUT2D eigenvalue weighted by Crippen LogP contribution is -2.24. The molecule has 1 saturated carbocycles. The number of rotatable bonds is 8. The van der Waals surface area contributed by atoms with Crippen molar-refractivity contribution in [2.45, 2.75) is 85.2 Å². The molecule has 0 bridgehead atoms. The normalized spacial score (nSPS) is 15.4. The summed E-state index contributed by atoms with van der Waals surface area (Å²) in [6.07, 6.45) is 5.60. The van der Waals surface area contributed by atoms with E-state index >= 15 is 0 Å². The summed E-state index contributed by atoms with van der Waals surface area (Å²) in [7, 11) is 0. The van der Waals surface area contributed by atoms with E-state index in [1.165, 1.54) is 5.56 Å². The molecule has 1 aliphatic carbocycles. The lowest BCUT2D eigenvalue weighted by Gasteiger charge is -2.18. The molecule has 1 fully saturated rings. The van der Waals surface area contributed by atoms with Crippen LogP contribution in [0.5, 0.6) is 0 Å². The number of carbonyl (C=O) groups is 1. The average Bonchev–Trinajstić information content (AvgIpc) is 3.36. The van der Waals surface area contributed by atoms with Gasteiger partial charge in [-0.2, -0.15) is 0 Å². The molecule has 6 nitrogen and oxygen atoms in total. The first-order valence-corrected chi connectivity index (χ1v) is 10.7. The van der Waals surface area contributed by atoms with Crippen LogP contribution in [0.15, 0.2) is 18.2 Å². The Hall–Kier alpha value is -2.21. The van der Waals surface area contributed by atoms with Crippen LogP contribution in [-0.2, 0) is 11.2 Å². The Morgan fingerprint density at radius 2 is 2.00 bits per heavy atom. The fraction of sp³-hybridized carbons (Fsp3) is 0.609. The van der Waals surface area contributed by atoms with Crippen LogP contribution in [0.3, 0.4) is 0 Å². The van der Waals surface area contributed by atoms with Gasteiger partial charge in [-0.05, 0) is 56.6 Å². The van der Waals surface area contributed by atoms with Gasteiger partial charge in [-0.1, -0.05) is 38.5 Å². The molecule has 3 N–H and O–H groups in total. The highest BCUT2D eigenvalue weighted by atomic mass is 16.1. The SMILES string of the molecule is Cc1ccc(NC(=O)C[C@H](N)c2nnc(CCCC(C)(C)C)n2C2CC2)c(C)c1. The molecule has 158 valence electrons. The second kappa shape index (κ2) is 8.66. The zero-order valence-electron chi connectivity index (χ0n) is 18.5. The van der Waals surface area contributed by atoms with Crippen molar-refractivity contribution in [3.05, 3.63) is 41.0 Å². The van der Waals surface area contributed by atoms with Gasteiger partial charge in [0, 0.05) is 24.6 Å². The van der Waals surface area contributed by atoms with Gasteiger partial charge in [0.2, 0.25) is 5.91 Å². The summed E-state index contributed by atoms with van der Waals surface area (Å²) in [6, 6.07) is 5.98. The zero-order valence-corrected chi connectivity index (χ0v) is 18.5. The second-order valence-corrected chi connectivity index (χ2v) is 9.67. The summed E-state index contributed by atoms with van der Waals surface area (Å²) in [5.41, 5.74) is 9.78. The largest absolute Gasteiger partial charge is 0.326 e. The predicted octanol–water partition coefficient (Wildman–Crippen LogP) is 4.63. The predicted molar refractivity (Wildman–Crippen MR) is 117 cm³/mol. The molecule has 6 heteroatoms. The molecule has 1 amide bonds. The number of hydrogen-bond donors (Lipinski definition) is 2. The number of hydrogen-bond acceptors (Lipinski definition) is 4. The minimum absolute atomic E-state index is 0.0934. The van der Waals surface area contributed by atoms with Crippen molar-refractivity contribution in [1.82, 2.24) is 14.8 Å². The molecular weight excluding hydrogens is 362 g/mol. The van der Waals surface area contributed by atoms with Crippen molar-refractivity contribution >= 4 is 11.6 Å². The van der Waals surface area contributed by atoms with Crippen LogP contribution >= 0.6 is 0 Å². The molecule has 2 aromatic rings. The number of nitrogens with zero attached hydrogens (tertiary/aromatic N) is 3. The highest BCUT2D eigenvalue weighted by Crippen LogP contribution is 2.38. The smallest absolute Gasteiger partial charge is 0.226 e. The van der Waals surface area contributed by atoms with Crippen molar-refractivity contribution in [2.75, 3.05) is 5.32 Å². The molecule has 3 rings (SSSR count). The third-order valence-electron chi connectivity index (χ3n) is 5.42. The summed E-state index contributed by atoms with van der Waals surface area (Å²) in [5, 5.41) is 11.8. The maximum absolute atomic E-state index is 12.6. The molecule has 0 spiro atoms. The molecular formula is C23H35N5O. The lowest BCUT2D eigenvalue weighted by atomic mass is 9.90. The Morgan fingerprint density at radius 3 is 2.62 bits per heavy atom. The van der Waals surface area contributed by atoms with Crippen molar-refractivity contribution < 1.29 is 4.79 Å². The van der Waals surface area contributed by atoms with E-state index in [2.05, 4.69) is 46.9 Å². The molecule has 29 heavy (non-hydrogen) atoms. The Labute approximate surface area is 174 Å². The van der Waals surface area contributed by atoms with Crippen LogP contribution in [0.4, 0.5) is 5.69 Å². The van der Waals surface area contributed by atoms with E-state index < -0.39 is 6.04 Å². The number of nitrogens with one attached hydrogen (secondary N) is 1. The number of carbonyl (C=O) groups excluding carboxylic acids is 1. The summed E-state index contributed by atoms with van der Waals surface area (Å²) in [4.78, 5) is 12.6. The molecule has 0 saturated heterocycles. The first kappa shape index (κ1) is 21.5. The molecule has 1 heterocycles. The topological polar surface area (TPSA) is 85.8 Å². The quantitative estimate of drug-likeness (QED) is 0.680. The molecule has 0 unspecified atom stereocenters. The molecule has 1 atom stereocenters. The van der Waals surface area contributed by atoms with E-state index in [-0.39, 0.29) is 12.3 Å². The van der Waals surface area contributed by atoms with Gasteiger partial charge in [0.1, 0.15) is 5.82 Å². The second-order valence-electron chi connectivity index (χ2n) is 9.67. The number of aromatic nitrogens is 3. The van der Waals surface area contributed by atoms with Crippen molar-refractivity contribution in [1.29, 1.82) is 0 Å². The fourth-order valence-corrected chi connectivity index (χ4v) is 3.71. The van der Waals surface area contributed by atoms with Gasteiger partial charge in [-0.3, -0.25) is 4.79 Å². The van der Waals surface area contributed by atoms with E-state index in [9.17, 15) is 4.79 Å². The van der Waals surface area contributed by atoms with Gasteiger partial charge in [-0.15, -0.1) is 10.2 Å². The van der Waals surface area contributed by atoms with Gasteiger partial charge in [-0.25, -0.2) is 0 Å². The Kier molecular flexibility index (Phi) is 6.42. The van der Waals surface area contributed by atoms with Crippen LogP contribution in [0, 0.1) is 19.3 Å². The van der Waals surface area contributed by atoms with E-state index in [1.54, 1.807) is 0 Å². The molecule has 0 radical (unpaired) electrons. The van der Waals surface area contributed by atoms with Gasteiger partial charge < -0.3 is 15.6 Å². The Morgan fingerprint density at radius 1 is 1.28 bits per heavy atom. The van der Waals surface area contributed by atoms with Crippen molar-refractivity contribution in [2.24, 2.45) is 11.1 Å². The number of aryl methyl sites for hydroxylation is 3. The first-order valence-electron chi connectivity index (χ1n) is 10.7. The van der Waals surface area contributed by atoms with Crippen LogP contribution in [0.25, 0.3) is 0 Å². The number of amides is 1. The van der Waals surface area contributed by atoms with Crippen LogP contribution in [-0.4, -0.2) is 20.7 Å². The molecule has 1 aliphatic rings. The molecule has 1 aromatic heterocycles. The third-order valence-corrected chi connectivity index (χ3v) is 5.42. The van der Waals surface area contributed by atoms with Gasteiger partial charge in [0.25, 0.3) is 0 Å². The number of nitrogens with two attached hydrogens (primary N) is 1. The summed E-state index contributed by atoms with van der Waals surface area (Å²) >= 11 is 0. The molecule has 1 aromatic carbocycles. The van der Waals surface area contributed by atoms with Crippen LogP contribution in [0.2, 0.25) is 0 Å². The minimum Gasteiger partial charge on any atom is -0.326 e. The Bertz CT molecular complexity index is 861. The maximum Gasteiger partial charge on any atom is 0.226 e.